The fourth-order valence-corrected chi connectivity index (χ4v) is 2.63. The van der Waals surface area contributed by atoms with Crippen molar-refractivity contribution >= 4 is 0 Å². The maximum absolute atomic E-state index is 2.66. The molecule has 1 atom stereocenters. The van der Waals surface area contributed by atoms with Crippen molar-refractivity contribution in [3.63, 3.8) is 0 Å². The van der Waals surface area contributed by atoms with E-state index in [0.29, 0.717) is 5.54 Å². The van der Waals surface area contributed by atoms with Crippen molar-refractivity contribution in [2.45, 2.75) is 45.6 Å². The van der Waals surface area contributed by atoms with Gasteiger partial charge in [0.25, 0.3) is 0 Å². The van der Waals surface area contributed by atoms with E-state index in [0.717, 1.165) is 0 Å². The number of nitrogens with zero attached hydrogens (tertiary/aromatic N) is 1. The molecule has 2 aliphatic heterocycles. The van der Waals surface area contributed by atoms with E-state index >= 15 is 0 Å². The van der Waals surface area contributed by atoms with Crippen molar-refractivity contribution < 1.29 is 0 Å². The van der Waals surface area contributed by atoms with Crippen LogP contribution in [0, 0.1) is 0 Å². The van der Waals surface area contributed by atoms with Crippen LogP contribution in [0.25, 0.3) is 0 Å². The van der Waals surface area contributed by atoms with Crippen molar-refractivity contribution in [3.05, 3.63) is 11.1 Å². The highest BCUT2D eigenvalue weighted by Gasteiger charge is 2.42. The van der Waals surface area contributed by atoms with Crippen LogP contribution in [0.5, 0.6) is 0 Å². The third-order valence-corrected chi connectivity index (χ3v) is 3.59. The summed E-state index contributed by atoms with van der Waals surface area (Å²) in [5.74, 6) is 0. The molecule has 2 rings (SSSR count). The van der Waals surface area contributed by atoms with Gasteiger partial charge in [0.15, 0.2) is 0 Å². The quantitative estimate of drug-likeness (QED) is 0.499. The predicted molar refractivity (Wildman–Crippen MR) is 52.2 cm³/mol. The fraction of sp³-hybridized carbons (Fsp3) is 0.818. The largest absolute Gasteiger partial charge is 0.294 e. The van der Waals surface area contributed by atoms with Crippen LogP contribution in [0.3, 0.4) is 0 Å². The maximum atomic E-state index is 2.66. The summed E-state index contributed by atoms with van der Waals surface area (Å²) in [6, 6.07) is 0. The topological polar surface area (TPSA) is 3.24 Å². The Bertz CT molecular complexity index is 225. The molecule has 2 saturated heterocycles. The molecule has 0 bridgehead atoms. The first-order chi connectivity index (χ1) is 5.62. The molecule has 0 aromatic heterocycles. The molecular weight excluding hydrogens is 146 g/mol. The minimum absolute atomic E-state index is 0.534. The van der Waals surface area contributed by atoms with Crippen LogP contribution in [-0.4, -0.2) is 23.5 Å². The van der Waals surface area contributed by atoms with E-state index in [1.807, 2.05) is 0 Å². The van der Waals surface area contributed by atoms with Crippen molar-refractivity contribution in [2.75, 3.05) is 13.1 Å². The van der Waals surface area contributed by atoms with E-state index in [-0.39, 0.29) is 0 Å². The highest BCUT2D eigenvalue weighted by molar-refractivity contribution is 5.22. The molecule has 2 aliphatic rings. The SMILES string of the molecule is CC(C)=C1CN2CCC[C@@]2(C)C1. The summed E-state index contributed by atoms with van der Waals surface area (Å²) in [6.07, 6.45) is 4.14. The number of hydrogen-bond donors (Lipinski definition) is 0. The molecule has 12 heavy (non-hydrogen) atoms. The fourth-order valence-electron chi connectivity index (χ4n) is 2.63. The first kappa shape index (κ1) is 8.31. The summed E-state index contributed by atoms with van der Waals surface area (Å²) in [5.41, 5.74) is 3.77. The molecule has 2 fully saturated rings. The zero-order chi connectivity index (χ0) is 8.77. The van der Waals surface area contributed by atoms with Crippen LogP contribution < -0.4 is 0 Å². The van der Waals surface area contributed by atoms with Crippen LogP contribution in [0.2, 0.25) is 0 Å². The Morgan fingerprint density at radius 2 is 2.17 bits per heavy atom. The van der Waals surface area contributed by atoms with E-state index in [9.17, 15) is 0 Å². The molecular formula is C11H19N. The Balaban J connectivity index is 2.22. The number of allylic oxidation sites excluding steroid dienone is 1. The number of hydrogen-bond acceptors (Lipinski definition) is 1. The second-order valence-electron chi connectivity index (χ2n) is 4.80. The molecule has 0 unspecified atom stereocenters. The average Bonchev–Trinajstić information content (AvgIpc) is 2.41. The lowest BCUT2D eigenvalue weighted by molar-refractivity contribution is 0.218. The van der Waals surface area contributed by atoms with Gasteiger partial charge in [-0.05, 0) is 46.6 Å². The zero-order valence-electron chi connectivity index (χ0n) is 8.48. The van der Waals surface area contributed by atoms with Crippen LogP contribution in [0.1, 0.15) is 40.0 Å². The molecule has 0 N–H and O–H groups in total. The molecule has 0 radical (unpaired) electrons. The Labute approximate surface area is 75.4 Å². The smallest absolute Gasteiger partial charge is 0.0222 e. The molecule has 0 saturated carbocycles. The third-order valence-electron chi connectivity index (χ3n) is 3.59. The Morgan fingerprint density at radius 3 is 2.75 bits per heavy atom. The van der Waals surface area contributed by atoms with Crippen LogP contribution >= 0.6 is 0 Å². The first-order valence-electron chi connectivity index (χ1n) is 5.02. The van der Waals surface area contributed by atoms with Crippen LogP contribution in [-0.2, 0) is 0 Å². The van der Waals surface area contributed by atoms with E-state index in [1.54, 1.807) is 11.1 Å². The number of rotatable bonds is 0. The van der Waals surface area contributed by atoms with Gasteiger partial charge in [-0.2, -0.15) is 0 Å². The van der Waals surface area contributed by atoms with Crippen LogP contribution in [0.15, 0.2) is 11.1 Å². The molecule has 0 aromatic rings. The molecule has 0 aromatic carbocycles. The molecule has 1 nitrogen and oxygen atoms in total. The van der Waals surface area contributed by atoms with Gasteiger partial charge < -0.3 is 0 Å². The van der Waals surface area contributed by atoms with Crippen molar-refractivity contribution in [1.29, 1.82) is 0 Å². The second kappa shape index (κ2) is 2.59. The zero-order valence-corrected chi connectivity index (χ0v) is 8.48. The monoisotopic (exact) mass is 165 g/mol. The van der Waals surface area contributed by atoms with E-state index in [4.69, 9.17) is 0 Å². The summed E-state index contributed by atoms with van der Waals surface area (Å²) in [7, 11) is 0. The normalized spacial score (nSPS) is 35.8. The molecule has 0 aliphatic carbocycles. The molecule has 0 spiro atoms. The molecule has 68 valence electrons. The van der Waals surface area contributed by atoms with Gasteiger partial charge in [0, 0.05) is 12.1 Å². The van der Waals surface area contributed by atoms with Crippen molar-refractivity contribution in [2.24, 2.45) is 0 Å². The standard InChI is InChI=1S/C11H19N/c1-9(2)10-7-11(3)5-4-6-12(11)8-10/h4-8H2,1-3H3/t11-/m0/s1. The lowest BCUT2D eigenvalue weighted by Crippen LogP contribution is -2.34. The average molecular weight is 165 g/mol. The second-order valence-corrected chi connectivity index (χ2v) is 4.80. The van der Waals surface area contributed by atoms with E-state index in [2.05, 4.69) is 25.7 Å². The summed E-state index contributed by atoms with van der Waals surface area (Å²) >= 11 is 0. The van der Waals surface area contributed by atoms with Gasteiger partial charge >= 0.3 is 0 Å². The Hall–Kier alpha value is -0.300. The molecule has 0 amide bonds. The lowest BCUT2D eigenvalue weighted by Gasteiger charge is -2.25. The van der Waals surface area contributed by atoms with Gasteiger partial charge in [0.05, 0.1) is 0 Å². The van der Waals surface area contributed by atoms with E-state index in [1.165, 1.54) is 32.4 Å². The highest BCUT2D eigenvalue weighted by Crippen LogP contribution is 2.41. The summed E-state index contributed by atoms with van der Waals surface area (Å²) in [5, 5.41) is 0. The van der Waals surface area contributed by atoms with Gasteiger partial charge in [-0.1, -0.05) is 11.1 Å². The first-order valence-corrected chi connectivity index (χ1v) is 5.02. The minimum Gasteiger partial charge on any atom is -0.294 e. The predicted octanol–water partition coefficient (Wildman–Crippen LogP) is 2.58. The summed E-state index contributed by atoms with van der Waals surface area (Å²) in [6.45, 7) is 9.50. The highest BCUT2D eigenvalue weighted by atomic mass is 15.2. The van der Waals surface area contributed by atoms with Crippen LogP contribution in [0.4, 0.5) is 0 Å². The van der Waals surface area contributed by atoms with Gasteiger partial charge in [-0.25, -0.2) is 0 Å². The van der Waals surface area contributed by atoms with Gasteiger partial charge in [0.2, 0.25) is 0 Å². The Morgan fingerprint density at radius 1 is 1.42 bits per heavy atom. The third kappa shape index (κ3) is 1.11. The Kier molecular flexibility index (Phi) is 1.80. The van der Waals surface area contributed by atoms with Crippen molar-refractivity contribution in [1.82, 2.24) is 4.90 Å². The maximum Gasteiger partial charge on any atom is 0.0222 e. The number of fused-ring (bicyclic) bond motifs is 1. The van der Waals surface area contributed by atoms with Gasteiger partial charge in [0.1, 0.15) is 0 Å². The van der Waals surface area contributed by atoms with Gasteiger partial charge in [-0.3, -0.25) is 4.90 Å². The lowest BCUT2D eigenvalue weighted by atomic mass is 9.93. The molecule has 1 heteroatoms. The molecule has 2 heterocycles. The van der Waals surface area contributed by atoms with E-state index < -0.39 is 0 Å². The minimum atomic E-state index is 0.534. The summed E-state index contributed by atoms with van der Waals surface area (Å²) < 4.78 is 0. The van der Waals surface area contributed by atoms with Gasteiger partial charge in [-0.15, -0.1) is 0 Å². The van der Waals surface area contributed by atoms with Crippen molar-refractivity contribution in [3.8, 4) is 0 Å². The summed E-state index contributed by atoms with van der Waals surface area (Å²) in [4.78, 5) is 2.66.